The van der Waals surface area contributed by atoms with Crippen molar-refractivity contribution in [2.75, 3.05) is 82.6 Å². The normalized spacial score (nSPS) is 13.0. The zero-order chi connectivity index (χ0) is 24.8. The van der Waals surface area contributed by atoms with Gasteiger partial charge in [-0.05, 0) is 105 Å². The van der Waals surface area contributed by atoms with E-state index in [9.17, 15) is 10.2 Å². The van der Waals surface area contributed by atoms with E-state index in [0.717, 1.165) is 32.6 Å². The Balaban J connectivity index is 2.99. The second-order valence-electron chi connectivity index (χ2n) is 10.5. The molecule has 2 aromatic rings. The van der Waals surface area contributed by atoms with Crippen LogP contribution in [-0.4, -0.2) is 112 Å². The summed E-state index contributed by atoms with van der Waals surface area (Å²) in [4.78, 5) is 9.11. The van der Waals surface area contributed by atoms with Gasteiger partial charge in [-0.2, -0.15) is 0 Å². The molecule has 0 radical (unpaired) electrons. The predicted octanol–water partition coefficient (Wildman–Crippen LogP) is 3.01. The zero-order valence-corrected chi connectivity index (χ0v) is 21.8. The molecule has 0 saturated carbocycles. The van der Waals surface area contributed by atoms with Gasteiger partial charge in [0.05, 0.1) is 0 Å². The second kappa shape index (κ2) is 11.3. The number of aromatic hydroxyl groups is 2. The molecule has 33 heavy (non-hydrogen) atoms. The molecule has 2 aromatic carbocycles. The molecule has 0 unspecified atom stereocenters. The Bertz CT molecular complexity index is 773. The van der Waals surface area contributed by atoms with Gasteiger partial charge in [0, 0.05) is 30.5 Å². The summed E-state index contributed by atoms with van der Waals surface area (Å²) in [6.45, 7) is 3.52. The van der Waals surface area contributed by atoms with Crippen LogP contribution in [0.15, 0.2) is 48.5 Å². The van der Waals surface area contributed by atoms with Gasteiger partial charge in [-0.25, -0.2) is 0 Å². The first-order valence-electron chi connectivity index (χ1n) is 11.6. The van der Waals surface area contributed by atoms with Crippen molar-refractivity contribution in [1.29, 1.82) is 0 Å². The summed E-state index contributed by atoms with van der Waals surface area (Å²) in [6.07, 6.45) is 0.894. The molecule has 0 aliphatic heterocycles. The third-order valence-corrected chi connectivity index (χ3v) is 6.42. The lowest BCUT2D eigenvalue weighted by atomic mass is 9.54. The summed E-state index contributed by atoms with van der Waals surface area (Å²) >= 11 is 0. The molecule has 0 bridgehead atoms. The van der Waals surface area contributed by atoms with Gasteiger partial charge < -0.3 is 29.8 Å². The van der Waals surface area contributed by atoms with E-state index in [4.69, 9.17) is 0 Å². The second-order valence-corrected chi connectivity index (χ2v) is 10.5. The van der Waals surface area contributed by atoms with Crippen molar-refractivity contribution in [3.8, 4) is 11.5 Å². The number of nitrogens with zero attached hydrogens (tertiary/aromatic N) is 4. The third kappa shape index (κ3) is 6.48. The van der Waals surface area contributed by atoms with Crippen LogP contribution in [0.5, 0.6) is 11.5 Å². The van der Waals surface area contributed by atoms with Crippen LogP contribution in [0.4, 0.5) is 0 Å². The third-order valence-electron chi connectivity index (χ3n) is 6.42. The summed E-state index contributed by atoms with van der Waals surface area (Å²) in [5.74, 6) is 0.536. The quantitative estimate of drug-likeness (QED) is 0.512. The molecule has 6 heteroatoms. The van der Waals surface area contributed by atoms with Gasteiger partial charge in [-0.15, -0.1) is 0 Å². The first-order chi connectivity index (χ1) is 15.4. The molecular formula is C27H44N4O2. The van der Waals surface area contributed by atoms with Crippen molar-refractivity contribution in [1.82, 2.24) is 19.6 Å². The minimum absolute atomic E-state index is 0.201. The Labute approximate surface area is 201 Å². The number of benzene rings is 2. The summed E-state index contributed by atoms with van der Waals surface area (Å²) < 4.78 is 0. The van der Waals surface area contributed by atoms with E-state index in [0.29, 0.717) is 0 Å². The molecule has 0 fully saturated rings. The Morgan fingerprint density at radius 2 is 0.879 bits per heavy atom. The Morgan fingerprint density at radius 1 is 0.545 bits per heavy atom. The molecule has 0 heterocycles. The van der Waals surface area contributed by atoms with Crippen molar-refractivity contribution < 1.29 is 10.2 Å². The Hall–Kier alpha value is -2.12. The van der Waals surface area contributed by atoms with Crippen LogP contribution in [0, 0.1) is 5.41 Å². The van der Waals surface area contributed by atoms with Gasteiger partial charge in [-0.3, -0.25) is 0 Å². The molecule has 2 N–H and O–H groups in total. The van der Waals surface area contributed by atoms with Gasteiger partial charge in [0.1, 0.15) is 11.5 Å². The van der Waals surface area contributed by atoms with E-state index in [1.165, 1.54) is 11.1 Å². The van der Waals surface area contributed by atoms with Crippen molar-refractivity contribution in [2.24, 2.45) is 5.41 Å². The minimum Gasteiger partial charge on any atom is -0.508 e. The molecule has 0 aliphatic carbocycles. The lowest BCUT2D eigenvalue weighted by molar-refractivity contribution is 0.0309. The maximum absolute atomic E-state index is 10.1. The first kappa shape index (κ1) is 27.1. The number of hydrogen-bond acceptors (Lipinski definition) is 6. The average Bonchev–Trinajstić information content (AvgIpc) is 2.68. The van der Waals surface area contributed by atoms with Crippen LogP contribution >= 0.6 is 0 Å². The molecule has 0 amide bonds. The van der Waals surface area contributed by atoms with E-state index in [1.807, 2.05) is 0 Å². The highest BCUT2D eigenvalue weighted by atomic mass is 16.3. The van der Waals surface area contributed by atoms with Crippen LogP contribution in [0.25, 0.3) is 0 Å². The van der Waals surface area contributed by atoms with E-state index in [1.54, 1.807) is 24.3 Å². The maximum Gasteiger partial charge on any atom is 0.115 e. The van der Waals surface area contributed by atoms with Crippen molar-refractivity contribution in [3.63, 3.8) is 0 Å². The van der Waals surface area contributed by atoms with Crippen molar-refractivity contribution in [2.45, 2.75) is 11.8 Å². The molecule has 184 valence electrons. The molecule has 0 aliphatic rings. The maximum atomic E-state index is 10.1. The molecule has 6 nitrogen and oxygen atoms in total. The summed E-state index contributed by atoms with van der Waals surface area (Å²) in [5.41, 5.74) is 1.78. The van der Waals surface area contributed by atoms with Gasteiger partial charge in [0.2, 0.25) is 0 Å². The van der Waals surface area contributed by atoms with E-state index < -0.39 is 0 Å². The number of phenols is 2. The lowest BCUT2D eigenvalue weighted by Gasteiger charge is -2.55. The van der Waals surface area contributed by atoms with Crippen LogP contribution in [0.1, 0.15) is 17.5 Å². The smallest absolute Gasteiger partial charge is 0.115 e. The van der Waals surface area contributed by atoms with Crippen molar-refractivity contribution in [3.05, 3.63) is 59.7 Å². The average molecular weight is 457 g/mol. The lowest BCUT2D eigenvalue weighted by Crippen LogP contribution is -2.61. The molecular weight excluding hydrogens is 412 g/mol. The summed E-state index contributed by atoms with van der Waals surface area (Å²) in [5, 5.41) is 20.2. The largest absolute Gasteiger partial charge is 0.508 e. The van der Waals surface area contributed by atoms with E-state index >= 15 is 0 Å². The molecule has 0 saturated heterocycles. The van der Waals surface area contributed by atoms with Crippen LogP contribution in [-0.2, 0) is 5.41 Å². The number of hydrogen-bond donors (Lipinski definition) is 2. The fourth-order valence-electron chi connectivity index (χ4n) is 5.59. The first-order valence-corrected chi connectivity index (χ1v) is 11.6. The van der Waals surface area contributed by atoms with Gasteiger partial charge in [0.25, 0.3) is 0 Å². The summed E-state index contributed by atoms with van der Waals surface area (Å²) in [7, 11) is 17.1. The van der Waals surface area contributed by atoms with Gasteiger partial charge in [-0.1, -0.05) is 24.3 Å². The SMILES string of the molecule is CN(C)CCC(c1ccc(O)cc1)(c1ccc(O)cc1)C(CN(C)C)(CN(C)C)CN(C)C. The number of rotatable bonds is 12. The Morgan fingerprint density at radius 3 is 1.15 bits per heavy atom. The van der Waals surface area contributed by atoms with E-state index in [-0.39, 0.29) is 22.3 Å². The van der Waals surface area contributed by atoms with E-state index in [2.05, 4.69) is 100 Å². The highest BCUT2D eigenvalue weighted by Crippen LogP contribution is 2.51. The molecule has 0 atom stereocenters. The monoisotopic (exact) mass is 456 g/mol. The van der Waals surface area contributed by atoms with Crippen molar-refractivity contribution >= 4 is 0 Å². The van der Waals surface area contributed by atoms with Gasteiger partial charge >= 0.3 is 0 Å². The van der Waals surface area contributed by atoms with Crippen LogP contribution < -0.4 is 0 Å². The van der Waals surface area contributed by atoms with Gasteiger partial charge in [0.15, 0.2) is 0 Å². The molecule has 0 aromatic heterocycles. The van der Waals surface area contributed by atoms with Crippen LogP contribution in [0.3, 0.4) is 0 Å². The predicted molar refractivity (Wildman–Crippen MR) is 138 cm³/mol. The minimum atomic E-state index is -0.377. The molecule has 0 spiro atoms. The topological polar surface area (TPSA) is 53.4 Å². The summed E-state index contributed by atoms with van der Waals surface area (Å²) in [6, 6.07) is 15.5. The number of phenolic OH excluding ortho intramolecular Hbond substituents is 2. The Kier molecular flexibility index (Phi) is 9.32. The molecule has 2 rings (SSSR count). The fourth-order valence-corrected chi connectivity index (χ4v) is 5.59. The standard InChI is InChI=1S/C27H44N4O2/c1-28(2)18-17-27(22-9-13-24(32)14-10-22,23-11-15-25(33)16-12-23)26(19-29(3)4,20-30(5)6)21-31(7)8/h9-16,32-33H,17-21H2,1-8H3. The highest BCUT2D eigenvalue weighted by molar-refractivity contribution is 5.46. The van der Waals surface area contributed by atoms with Crippen LogP contribution in [0.2, 0.25) is 0 Å². The highest BCUT2D eigenvalue weighted by Gasteiger charge is 2.53. The zero-order valence-electron chi connectivity index (χ0n) is 21.8. The fraction of sp³-hybridized carbons (Fsp3) is 0.556.